The van der Waals surface area contributed by atoms with E-state index in [1.54, 1.807) is 6.92 Å². The van der Waals surface area contributed by atoms with E-state index in [0.29, 0.717) is 12.3 Å². The molecule has 0 nitrogen and oxygen atoms in total. The second-order valence-electron chi connectivity index (χ2n) is 13.8. The molecule has 0 heterocycles. The van der Waals surface area contributed by atoms with Crippen molar-refractivity contribution in [3.63, 3.8) is 0 Å². The highest BCUT2D eigenvalue weighted by Crippen LogP contribution is 2.52. The van der Waals surface area contributed by atoms with E-state index in [1.165, 1.54) is 76.7 Å². The van der Waals surface area contributed by atoms with Gasteiger partial charge in [0.05, 0.1) is 0 Å². The lowest BCUT2D eigenvalue weighted by molar-refractivity contribution is 0.234. The summed E-state index contributed by atoms with van der Waals surface area (Å²) in [5, 5.41) is 0. The first kappa shape index (κ1) is 31.5. The summed E-state index contributed by atoms with van der Waals surface area (Å²) in [5.41, 5.74) is 10.8. The molecule has 2 atom stereocenters. The summed E-state index contributed by atoms with van der Waals surface area (Å²) >= 11 is 0. The number of fused-ring (bicyclic) bond motifs is 1. The van der Waals surface area contributed by atoms with Crippen LogP contribution >= 0.6 is 0 Å². The van der Waals surface area contributed by atoms with E-state index >= 15 is 4.39 Å². The third-order valence-electron chi connectivity index (χ3n) is 10.5. The highest BCUT2D eigenvalue weighted by Gasteiger charge is 2.41. The van der Waals surface area contributed by atoms with E-state index in [4.69, 9.17) is 0 Å². The number of allylic oxidation sites excluding steroid dienone is 10. The Labute approximate surface area is 261 Å². The number of rotatable bonds is 12. The highest BCUT2D eigenvalue weighted by atomic mass is 19.1. The summed E-state index contributed by atoms with van der Waals surface area (Å²) in [6.07, 6.45) is 23.0. The molecule has 0 spiro atoms. The molecule has 2 aromatic rings. The monoisotopic (exact) mass is 576 g/mol. The molecule has 5 rings (SSSR count). The Balaban J connectivity index is 1.31. The Hall–Kier alpha value is -2.93. The van der Waals surface area contributed by atoms with Crippen LogP contribution in [0, 0.1) is 17.8 Å². The standard InChI is InChI=1S/C42H53F/c1-6-11-31(7-2)27-36-13-10-9-12-35(36)22-24-38-40-29-39(40)37(23-25-41(38)42(5,43)8-3)28-34-20-18-33(19-21-34)26-32-16-14-30(4)15-17-32/h6-7,9-13,18-21,23,25,30,32,39H,8,14-17,22,24,26-29H2,1-5H3. The van der Waals surface area contributed by atoms with Crippen molar-refractivity contribution in [2.75, 3.05) is 0 Å². The SMILES string of the molecule is CC=CC(=CC)Cc1ccccc1CCC1=C2CC2C(Cc2ccc(CC3CCC(C)CC3)cc2)=CC=C1C(C)(F)CC. The van der Waals surface area contributed by atoms with Gasteiger partial charge in [0.1, 0.15) is 5.67 Å². The van der Waals surface area contributed by atoms with Gasteiger partial charge in [-0.25, -0.2) is 4.39 Å². The van der Waals surface area contributed by atoms with Crippen LogP contribution < -0.4 is 0 Å². The molecule has 0 saturated heterocycles. The van der Waals surface area contributed by atoms with Crippen LogP contribution in [-0.4, -0.2) is 5.67 Å². The normalized spacial score (nSPS) is 23.9. The quantitative estimate of drug-likeness (QED) is 0.220. The summed E-state index contributed by atoms with van der Waals surface area (Å²) in [6, 6.07) is 18.2. The lowest BCUT2D eigenvalue weighted by atomic mass is 9.80. The summed E-state index contributed by atoms with van der Waals surface area (Å²) in [4.78, 5) is 0. The van der Waals surface area contributed by atoms with Crippen LogP contribution in [0.3, 0.4) is 0 Å². The zero-order chi connectivity index (χ0) is 30.4. The molecule has 0 radical (unpaired) electrons. The fraction of sp³-hybridized carbons (Fsp3) is 0.476. The fourth-order valence-corrected chi connectivity index (χ4v) is 7.41. The summed E-state index contributed by atoms with van der Waals surface area (Å²) < 4.78 is 16.1. The maximum atomic E-state index is 16.1. The predicted octanol–water partition coefficient (Wildman–Crippen LogP) is 11.6. The molecular weight excluding hydrogens is 523 g/mol. The van der Waals surface area contributed by atoms with Crippen LogP contribution in [0.1, 0.15) is 102 Å². The Kier molecular flexibility index (Phi) is 10.4. The molecule has 43 heavy (non-hydrogen) atoms. The van der Waals surface area contributed by atoms with E-state index in [9.17, 15) is 0 Å². The van der Waals surface area contributed by atoms with Crippen molar-refractivity contribution in [2.45, 2.75) is 111 Å². The van der Waals surface area contributed by atoms with Gasteiger partial charge in [-0.1, -0.05) is 117 Å². The largest absolute Gasteiger partial charge is 0.239 e. The van der Waals surface area contributed by atoms with Gasteiger partial charge in [0.15, 0.2) is 0 Å². The molecule has 3 aliphatic rings. The van der Waals surface area contributed by atoms with Crippen molar-refractivity contribution >= 4 is 0 Å². The van der Waals surface area contributed by atoms with Crippen LogP contribution in [0.4, 0.5) is 4.39 Å². The van der Waals surface area contributed by atoms with Crippen molar-refractivity contribution < 1.29 is 4.39 Å². The second kappa shape index (κ2) is 14.2. The summed E-state index contributed by atoms with van der Waals surface area (Å²) in [5.74, 6) is 2.23. The first-order chi connectivity index (χ1) is 20.8. The third kappa shape index (κ3) is 7.97. The van der Waals surface area contributed by atoms with Crippen LogP contribution in [0.2, 0.25) is 0 Å². The van der Waals surface area contributed by atoms with E-state index in [0.717, 1.165) is 49.5 Å². The molecule has 3 aliphatic carbocycles. The van der Waals surface area contributed by atoms with Crippen molar-refractivity contribution in [1.29, 1.82) is 0 Å². The minimum Gasteiger partial charge on any atom is -0.239 e. The van der Waals surface area contributed by atoms with Gasteiger partial charge < -0.3 is 0 Å². The van der Waals surface area contributed by atoms with Gasteiger partial charge in [-0.15, -0.1) is 0 Å². The number of benzene rings is 2. The Morgan fingerprint density at radius 3 is 2.28 bits per heavy atom. The minimum absolute atomic E-state index is 0.472. The van der Waals surface area contributed by atoms with Crippen molar-refractivity contribution in [3.8, 4) is 0 Å². The minimum atomic E-state index is -1.32. The van der Waals surface area contributed by atoms with Crippen LogP contribution in [0.25, 0.3) is 0 Å². The van der Waals surface area contributed by atoms with E-state index in [1.807, 2.05) is 6.92 Å². The number of hydrogen-bond donors (Lipinski definition) is 0. The van der Waals surface area contributed by atoms with Gasteiger partial charge >= 0.3 is 0 Å². The van der Waals surface area contributed by atoms with Gasteiger partial charge in [0.2, 0.25) is 0 Å². The average molecular weight is 577 g/mol. The van der Waals surface area contributed by atoms with Crippen LogP contribution in [0.15, 0.2) is 107 Å². The average Bonchev–Trinajstić information content (AvgIpc) is 3.82. The van der Waals surface area contributed by atoms with Gasteiger partial charge in [0.25, 0.3) is 0 Å². The molecule has 2 unspecified atom stereocenters. The number of hydrogen-bond acceptors (Lipinski definition) is 0. The lowest BCUT2D eigenvalue weighted by Crippen LogP contribution is -2.21. The maximum Gasteiger partial charge on any atom is 0.133 e. The first-order valence-electron chi connectivity index (χ1n) is 17.1. The molecule has 0 amide bonds. The fourth-order valence-electron chi connectivity index (χ4n) is 7.41. The zero-order valence-electron chi connectivity index (χ0n) is 27.4. The van der Waals surface area contributed by atoms with Crippen molar-refractivity contribution in [2.24, 2.45) is 17.8 Å². The van der Waals surface area contributed by atoms with E-state index < -0.39 is 5.67 Å². The second-order valence-corrected chi connectivity index (χ2v) is 13.8. The van der Waals surface area contributed by atoms with Crippen LogP contribution in [0.5, 0.6) is 0 Å². The lowest BCUT2D eigenvalue weighted by Gasteiger charge is -2.26. The first-order valence-corrected chi connectivity index (χ1v) is 17.1. The number of alkyl halides is 1. The van der Waals surface area contributed by atoms with Crippen molar-refractivity contribution in [3.05, 3.63) is 129 Å². The molecule has 0 N–H and O–H groups in total. The number of aryl methyl sites for hydroxylation is 1. The Morgan fingerprint density at radius 2 is 1.60 bits per heavy atom. The zero-order valence-corrected chi connectivity index (χ0v) is 27.4. The predicted molar refractivity (Wildman–Crippen MR) is 183 cm³/mol. The van der Waals surface area contributed by atoms with Gasteiger partial charge in [-0.3, -0.25) is 0 Å². The summed E-state index contributed by atoms with van der Waals surface area (Å²) in [7, 11) is 0. The molecule has 1 heteroatoms. The molecule has 228 valence electrons. The molecule has 2 saturated carbocycles. The van der Waals surface area contributed by atoms with Crippen molar-refractivity contribution in [1.82, 2.24) is 0 Å². The van der Waals surface area contributed by atoms with Gasteiger partial charge in [-0.05, 0) is 129 Å². The molecule has 0 bridgehead atoms. The molecule has 0 aromatic heterocycles. The summed E-state index contributed by atoms with van der Waals surface area (Å²) in [6.45, 7) is 10.4. The Bertz CT molecular complexity index is 1400. The maximum absolute atomic E-state index is 16.1. The van der Waals surface area contributed by atoms with Crippen LogP contribution in [-0.2, 0) is 25.7 Å². The molecular formula is C42H53F. The third-order valence-corrected chi connectivity index (χ3v) is 10.5. The van der Waals surface area contributed by atoms with E-state index in [-0.39, 0.29) is 0 Å². The molecule has 0 aliphatic heterocycles. The number of halogens is 1. The molecule has 2 fully saturated rings. The van der Waals surface area contributed by atoms with Gasteiger partial charge in [-0.2, -0.15) is 0 Å². The van der Waals surface area contributed by atoms with Gasteiger partial charge in [0, 0.05) is 5.92 Å². The smallest absolute Gasteiger partial charge is 0.133 e. The Morgan fingerprint density at radius 1 is 0.907 bits per heavy atom. The topological polar surface area (TPSA) is 0 Å². The molecule has 2 aromatic carbocycles. The highest BCUT2D eigenvalue weighted by molar-refractivity contribution is 5.55. The van der Waals surface area contributed by atoms with E-state index in [2.05, 4.69) is 99.7 Å².